The van der Waals surface area contributed by atoms with Gasteiger partial charge in [-0.3, -0.25) is 24.1 Å². The normalized spacial score (nSPS) is 18.4. The Balaban J connectivity index is 1.47. The Bertz CT molecular complexity index is 1800. The second-order valence-electron chi connectivity index (χ2n) is 14.0. The van der Waals surface area contributed by atoms with Gasteiger partial charge in [-0.05, 0) is 30.7 Å². The van der Waals surface area contributed by atoms with E-state index in [1.165, 1.54) is 24.0 Å². The van der Waals surface area contributed by atoms with Gasteiger partial charge in [-0.1, -0.05) is 44.2 Å². The number of imide groups is 1. The summed E-state index contributed by atoms with van der Waals surface area (Å²) in [5.41, 5.74) is -0.342. The molecule has 12 nitrogen and oxygen atoms in total. The van der Waals surface area contributed by atoms with Crippen LogP contribution in [0.5, 0.6) is 0 Å². The van der Waals surface area contributed by atoms with Crippen LogP contribution < -0.4 is 10.6 Å². The molecule has 15 heteroatoms. The molecule has 0 radical (unpaired) electrons. The molecule has 5 rings (SSSR count). The summed E-state index contributed by atoms with van der Waals surface area (Å²) in [5, 5.41) is 16.5. The number of imidazole rings is 1. The highest BCUT2D eigenvalue weighted by atomic mass is 19.1. The van der Waals surface area contributed by atoms with Gasteiger partial charge < -0.3 is 29.9 Å². The quantitative estimate of drug-likeness (QED) is 0.142. The molecule has 3 N–H and O–H groups in total. The molecule has 53 heavy (non-hydrogen) atoms. The van der Waals surface area contributed by atoms with Gasteiger partial charge in [0.25, 0.3) is 17.7 Å². The van der Waals surface area contributed by atoms with Crippen LogP contribution in [0.3, 0.4) is 0 Å². The monoisotopic (exact) mass is 738 g/mol. The van der Waals surface area contributed by atoms with Crippen molar-refractivity contribution in [2.24, 2.45) is 11.3 Å². The molecule has 2 aliphatic heterocycles. The molecule has 0 bridgehead atoms. The smallest absolute Gasteiger partial charge is 0.253 e. The minimum Gasteiger partial charge on any atom is -0.384 e. The van der Waals surface area contributed by atoms with E-state index in [4.69, 9.17) is 9.72 Å². The average molecular weight is 739 g/mol. The largest absolute Gasteiger partial charge is 0.384 e. The zero-order valence-electron chi connectivity index (χ0n) is 29.9. The Morgan fingerprint density at radius 2 is 1.81 bits per heavy atom. The highest BCUT2D eigenvalue weighted by molar-refractivity contribution is 6.12. The number of amides is 4. The Morgan fingerprint density at radius 1 is 1.09 bits per heavy atom. The Hall–Kier alpha value is -4.86. The maximum Gasteiger partial charge on any atom is 0.253 e. The fraction of sp³-hybridized carbons (Fsp3) is 0.447. The van der Waals surface area contributed by atoms with Gasteiger partial charge in [-0.2, -0.15) is 0 Å². The summed E-state index contributed by atoms with van der Waals surface area (Å²) in [6.45, 7) is 5.56. The highest BCUT2D eigenvalue weighted by Gasteiger charge is 2.45. The van der Waals surface area contributed by atoms with Crippen LogP contribution in [0.4, 0.5) is 13.2 Å². The minimum atomic E-state index is -1.49. The van der Waals surface area contributed by atoms with Gasteiger partial charge in [0.1, 0.15) is 29.7 Å². The molecule has 4 atom stereocenters. The van der Waals surface area contributed by atoms with E-state index in [1.54, 1.807) is 24.6 Å². The van der Waals surface area contributed by atoms with Gasteiger partial charge in [-0.15, -0.1) is 0 Å². The molecule has 1 fully saturated rings. The molecule has 1 aromatic heterocycles. The zero-order valence-corrected chi connectivity index (χ0v) is 29.9. The number of ether oxygens (including phenoxy) is 1. The molecule has 0 aliphatic carbocycles. The number of rotatable bonds is 17. The van der Waals surface area contributed by atoms with E-state index in [0.29, 0.717) is 0 Å². The van der Waals surface area contributed by atoms with Crippen LogP contribution in [0.25, 0.3) is 11.3 Å². The van der Waals surface area contributed by atoms with Crippen LogP contribution in [-0.4, -0.2) is 106 Å². The number of alkyl halides is 1. The lowest BCUT2D eigenvalue weighted by atomic mass is 9.78. The van der Waals surface area contributed by atoms with Gasteiger partial charge >= 0.3 is 0 Å². The number of aliphatic hydroxyl groups excluding tert-OH is 1. The minimum absolute atomic E-state index is 0.0634. The van der Waals surface area contributed by atoms with E-state index in [-0.39, 0.29) is 76.0 Å². The van der Waals surface area contributed by atoms with Gasteiger partial charge in [-0.25, -0.2) is 18.2 Å². The van der Waals surface area contributed by atoms with E-state index in [1.807, 2.05) is 30.3 Å². The van der Waals surface area contributed by atoms with Crippen molar-refractivity contribution in [3.8, 4) is 11.3 Å². The van der Waals surface area contributed by atoms with E-state index in [2.05, 4.69) is 10.6 Å². The SMILES string of the molecule is C[C@H](O)C(=O)N(C[C@@H]1CNCC1F)[C@@H](c1nc(-c2cc(F)ccc2F)cn1Cc1ccccc1)C(C)(C)CC(=O)NCCOCCN1C(=O)C=CC1=O. The van der Waals surface area contributed by atoms with Crippen LogP contribution in [0, 0.1) is 23.0 Å². The lowest BCUT2D eigenvalue weighted by Crippen LogP contribution is -2.50. The molecular formula is C38H45F3N6O6. The van der Waals surface area contributed by atoms with Gasteiger partial charge in [0, 0.05) is 74.4 Å². The molecule has 1 unspecified atom stereocenters. The van der Waals surface area contributed by atoms with E-state index in [0.717, 1.165) is 28.7 Å². The predicted molar refractivity (Wildman–Crippen MR) is 189 cm³/mol. The first-order valence-corrected chi connectivity index (χ1v) is 17.5. The first-order chi connectivity index (χ1) is 25.2. The number of hydrogen-bond donors (Lipinski definition) is 3. The van der Waals surface area contributed by atoms with Crippen LogP contribution in [0.1, 0.15) is 44.6 Å². The molecule has 0 spiro atoms. The third kappa shape index (κ3) is 9.77. The van der Waals surface area contributed by atoms with Crippen molar-refractivity contribution in [3.05, 3.63) is 89.9 Å². The zero-order chi connectivity index (χ0) is 38.3. The Kier molecular flexibility index (Phi) is 12.9. The molecule has 284 valence electrons. The van der Waals surface area contributed by atoms with Gasteiger partial charge in [0.2, 0.25) is 5.91 Å². The van der Waals surface area contributed by atoms with Crippen LogP contribution in [-0.2, 0) is 30.5 Å². The predicted octanol–water partition coefficient (Wildman–Crippen LogP) is 3.16. The number of halogens is 3. The van der Waals surface area contributed by atoms with Crippen LogP contribution in [0.15, 0.2) is 66.9 Å². The third-order valence-corrected chi connectivity index (χ3v) is 9.38. The summed E-state index contributed by atoms with van der Waals surface area (Å²) in [4.78, 5) is 58.2. The van der Waals surface area contributed by atoms with Crippen molar-refractivity contribution in [1.29, 1.82) is 0 Å². The summed E-state index contributed by atoms with van der Waals surface area (Å²) in [6, 6.07) is 11.2. The molecule has 2 aliphatic rings. The van der Waals surface area contributed by atoms with Crippen molar-refractivity contribution in [2.45, 2.75) is 52.1 Å². The topological polar surface area (TPSA) is 146 Å². The summed E-state index contributed by atoms with van der Waals surface area (Å²) in [5.74, 6) is -3.78. The number of carbonyl (C=O) groups is 4. The summed E-state index contributed by atoms with van der Waals surface area (Å²) >= 11 is 0. The van der Waals surface area contributed by atoms with E-state index >= 15 is 8.78 Å². The van der Waals surface area contributed by atoms with Crippen molar-refractivity contribution in [1.82, 2.24) is 30.0 Å². The second-order valence-corrected chi connectivity index (χ2v) is 14.0. The van der Waals surface area contributed by atoms with E-state index in [9.17, 15) is 28.7 Å². The molecule has 4 amide bonds. The third-order valence-electron chi connectivity index (χ3n) is 9.38. The molecule has 1 saturated heterocycles. The fourth-order valence-corrected chi connectivity index (χ4v) is 6.73. The van der Waals surface area contributed by atoms with Crippen molar-refractivity contribution in [3.63, 3.8) is 0 Å². The second kappa shape index (κ2) is 17.3. The van der Waals surface area contributed by atoms with Crippen LogP contribution in [0.2, 0.25) is 0 Å². The number of aromatic nitrogens is 2. The molecule has 3 heterocycles. The number of nitrogens with zero attached hydrogens (tertiary/aromatic N) is 4. The summed E-state index contributed by atoms with van der Waals surface area (Å²) in [7, 11) is 0. The summed E-state index contributed by atoms with van der Waals surface area (Å²) in [6.07, 6.45) is 0.968. The molecule has 0 saturated carbocycles. The lowest BCUT2D eigenvalue weighted by Gasteiger charge is -2.43. The van der Waals surface area contributed by atoms with Crippen molar-refractivity contribution >= 4 is 23.6 Å². The first-order valence-electron chi connectivity index (χ1n) is 17.5. The van der Waals surface area contributed by atoms with E-state index < -0.39 is 64.9 Å². The van der Waals surface area contributed by atoms with Crippen molar-refractivity contribution < 1.29 is 42.2 Å². The maximum absolute atomic E-state index is 15.2. The number of aliphatic hydroxyl groups is 1. The maximum atomic E-state index is 15.2. The number of nitrogens with one attached hydrogen (secondary N) is 2. The first kappa shape index (κ1) is 39.3. The average Bonchev–Trinajstić information content (AvgIpc) is 3.81. The molecule has 3 aromatic rings. The molecule has 2 aromatic carbocycles. The summed E-state index contributed by atoms with van der Waals surface area (Å²) < 4.78 is 52.0. The standard InChI is InChI=1S/C38H45F3N6O6/c1-24(48)37(52)47(22-26-19-42-20-30(26)41)35(38(2,3)18-32(49)43-13-15-53-16-14-46-33(50)11-12-34(46)51)36-44-31(28-17-27(39)9-10-29(28)40)23-45(36)21-25-7-5-4-6-8-25/h4-12,17,23-24,26,30,35,42,48H,13-16,18-22H2,1-3H3,(H,43,49)/t24-,26-,30?,35-/m0/s1. The lowest BCUT2D eigenvalue weighted by molar-refractivity contribution is -0.147. The van der Waals surface area contributed by atoms with Gasteiger partial charge in [0.15, 0.2) is 0 Å². The number of carbonyl (C=O) groups excluding carboxylic acids is 4. The highest BCUT2D eigenvalue weighted by Crippen LogP contribution is 2.43. The fourth-order valence-electron chi connectivity index (χ4n) is 6.73. The number of hydrogen-bond acceptors (Lipinski definition) is 8. The number of benzene rings is 2. The Morgan fingerprint density at radius 3 is 2.47 bits per heavy atom. The van der Waals surface area contributed by atoms with Gasteiger partial charge in [0.05, 0.1) is 31.5 Å². The van der Waals surface area contributed by atoms with Crippen molar-refractivity contribution in [2.75, 3.05) is 45.9 Å². The molecular weight excluding hydrogens is 693 g/mol. The Labute approximate surface area is 306 Å². The van der Waals surface area contributed by atoms with Crippen LogP contribution >= 0.6 is 0 Å².